The number of nitro groups is 1. The van der Waals surface area contributed by atoms with Gasteiger partial charge in [-0.15, -0.1) is 0 Å². The van der Waals surface area contributed by atoms with Gasteiger partial charge in [0.05, 0.1) is 31.2 Å². The average molecular weight is 353 g/mol. The van der Waals surface area contributed by atoms with Crippen molar-refractivity contribution in [3.63, 3.8) is 0 Å². The molecule has 0 saturated carbocycles. The first-order valence-corrected chi connectivity index (χ1v) is 7.98. The Morgan fingerprint density at radius 3 is 2.04 bits per heavy atom. The van der Waals surface area contributed by atoms with Crippen LogP contribution in [0.2, 0.25) is 0 Å². The second-order valence-electron chi connectivity index (χ2n) is 5.05. The summed E-state index contributed by atoms with van der Waals surface area (Å²) in [7, 11) is 0. The number of rotatable bonds is 11. The molecule has 9 heteroatoms. The molecule has 1 aromatic carbocycles. The second kappa shape index (κ2) is 11.0. The molecule has 0 aliphatic carbocycles. The summed E-state index contributed by atoms with van der Waals surface area (Å²) in [6.45, 7) is 4.77. The fourth-order valence-corrected chi connectivity index (χ4v) is 2.05. The first-order chi connectivity index (χ1) is 12.0. The quantitative estimate of drug-likeness (QED) is 0.361. The molecule has 138 valence electrons. The van der Waals surface area contributed by atoms with E-state index in [0.29, 0.717) is 18.8 Å². The van der Waals surface area contributed by atoms with Crippen LogP contribution in [0.4, 0.5) is 11.4 Å². The van der Waals surface area contributed by atoms with Gasteiger partial charge in [-0.1, -0.05) is 0 Å². The molecule has 25 heavy (non-hydrogen) atoms. The van der Waals surface area contributed by atoms with E-state index in [4.69, 9.17) is 9.47 Å². The number of esters is 2. The number of carbonyl (C=O) groups excluding carboxylic acids is 2. The minimum absolute atomic E-state index is 0.0109. The van der Waals surface area contributed by atoms with Crippen molar-refractivity contribution in [3.8, 4) is 0 Å². The van der Waals surface area contributed by atoms with Gasteiger partial charge in [0.25, 0.3) is 5.69 Å². The van der Waals surface area contributed by atoms with E-state index in [1.807, 2.05) is 0 Å². The number of benzene rings is 1. The summed E-state index contributed by atoms with van der Waals surface area (Å²) in [5.41, 5.74) is 0.717. The molecular formula is C16H23N3O6. The first kappa shape index (κ1) is 20.4. The third-order valence-corrected chi connectivity index (χ3v) is 3.15. The number of hydrogen-bond acceptors (Lipinski definition) is 8. The summed E-state index contributed by atoms with van der Waals surface area (Å²) in [5, 5.41) is 13.7. The zero-order chi connectivity index (χ0) is 18.7. The Morgan fingerprint density at radius 2 is 1.60 bits per heavy atom. The summed E-state index contributed by atoms with van der Waals surface area (Å²) >= 11 is 0. The first-order valence-electron chi connectivity index (χ1n) is 7.98. The van der Waals surface area contributed by atoms with Crippen molar-refractivity contribution in [1.82, 2.24) is 4.90 Å². The third kappa shape index (κ3) is 8.11. The van der Waals surface area contributed by atoms with Crippen LogP contribution in [-0.4, -0.2) is 61.2 Å². The van der Waals surface area contributed by atoms with E-state index in [1.165, 1.54) is 12.1 Å². The van der Waals surface area contributed by atoms with E-state index in [9.17, 15) is 19.7 Å². The molecule has 9 nitrogen and oxygen atoms in total. The summed E-state index contributed by atoms with van der Waals surface area (Å²) in [4.78, 5) is 35.0. The number of carbonyl (C=O) groups is 2. The van der Waals surface area contributed by atoms with Crippen LogP contribution in [0.1, 0.15) is 13.8 Å². The van der Waals surface area contributed by atoms with Crippen LogP contribution in [0.3, 0.4) is 0 Å². The van der Waals surface area contributed by atoms with E-state index >= 15 is 0 Å². The van der Waals surface area contributed by atoms with Gasteiger partial charge in [0.15, 0.2) is 0 Å². The summed E-state index contributed by atoms with van der Waals surface area (Å²) in [5.74, 6) is -0.829. The number of hydrogen-bond donors (Lipinski definition) is 1. The van der Waals surface area contributed by atoms with Crippen molar-refractivity contribution in [2.75, 3.05) is 44.7 Å². The van der Waals surface area contributed by atoms with Gasteiger partial charge in [-0.2, -0.15) is 0 Å². The number of non-ortho nitro benzene ring substituents is 1. The van der Waals surface area contributed by atoms with Crippen LogP contribution in [-0.2, 0) is 19.1 Å². The zero-order valence-corrected chi connectivity index (χ0v) is 14.4. The second-order valence-corrected chi connectivity index (χ2v) is 5.05. The van der Waals surface area contributed by atoms with Crippen molar-refractivity contribution in [2.45, 2.75) is 13.8 Å². The highest BCUT2D eigenvalue weighted by Crippen LogP contribution is 2.15. The number of nitrogens with one attached hydrogen (secondary N) is 1. The van der Waals surface area contributed by atoms with Gasteiger partial charge in [-0.25, -0.2) is 0 Å². The van der Waals surface area contributed by atoms with Gasteiger partial charge < -0.3 is 14.8 Å². The van der Waals surface area contributed by atoms with Gasteiger partial charge in [0.2, 0.25) is 0 Å². The Morgan fingerprint density at radius 1 is 1.08 bits per heavy atom. The maximum atomic E-state index is 11.6. The summed E-state index contributed by atoms with van der Waals surface area (Å²) in [6, 6.07) is 5.99. The summed E-state index contributed by atoms with van der Waals surface area (Å²) in [6.07, 6.45) is 0. The van der Waals surface area contributed by atoms with Gasteiger partial charge >= 0.3 is 11.9 Å². The largest absolute Gasteiger partial charge is 0.465 e. The van der Waals surface area contributed by atoms with E-state index in [1.54, 1.807) is 30.9 Å². The molecule has 1 N–H and O–H groups in total. The van der Waals surface area contributed by atoms with Crippen LogP contribution < -0.4 is 5.32 Å². The van der Waals surface area contributed by atoms with Crippen LogP contribution in [0.25, 0.3) is 0 Å². The Hall–Kier alpha value is -2.68. The predicted octanol–water partition coefficient (Wildman–Crippen LogP) is 1.43. The van der Waals surface area contributed by atoms with E-state index in [2.05, 4.69) is 5.32 Å². The fraction of sp³-hybridized carbons (Fsp3) is 0.500. The molecule has 0 bridgehead atoms. The van der Waals surface area contributed by atoms with Crippen molar-refractivity contribution in [1.29, 1.82) is 0 Å². The fourth-order valence-electron chi connectivity index (χ4n) is 2.05. The average Bonchev–Trinajstić information content (AvgIpc) is 2.55. The highest BCUT2D eigenvalue weighted by molar-refractivity contribution is 5.75. The number of anilines is 1. The predicted molar refractivity (Wildman–Crippen MR) is 91.3 cm³/mol. The molecule has 1 rings (SSSR count). The minimum atomic E-state index is -0.468. The van der Waals surface area contributed by atoms with Crippen molar-refractivity contribution in [3.05, 3.63) is 34.4 Å². The molecule has 0 amide bonds. The van der Waals surface area contributed by atoms with E-state index < -0.39 is 16.9 Å². The standard InChI is InChI=1S/C16H23N3O6/c1-3-24-15(20)11-18(12-16(21)25-4-2)10-9-17-13-5-7-14(8-6-13)19(22)23/h5-8,17H,3-4,9-12H2,1-2H3. The molecular weight excluding hydrogens is 330 g/mol. The number of nitro benzene ring substituents is 1. The third-order valence-electron chi connectivity index (χ3n) is 3.15. The van der Waals surface area contributed by atoms with Crippen LogP contribution >= 0.6 is 0 Å². The molecule has 1 aromatic rings. The topological polar surface area (TPSA) is 111 Å². The van der Waals surface area contributed by atoms with Crippen LogP contribution in [0.15, 0.2) is 24.3 Å². The number of ether oxygens (including phenoxy) is 2. The molecule has 0 saturated heterocycles. The van der Waals surface area contributed by atoms with Gasteiger partial charge in [-0.05, 0) is 26.0 Å². The highest BCUT2D eigenvalue weighted by Gasteiger charge is 2.16. The van der Waals surface area contributed by atoms with Gasteiger partial charge in [0.1, 0.15) is 0 Å². The van der Waals surface area contributed by atoms with Crippen molar-refractivity contribution in [2.24, 2.45) is 0 Å². The zero-order valence-electron chi connectivity index (χ0n) is 14.4. The molecule has 0 fully saturated rings. The van der Waals surface area contributed by atoms with Crippen LogP contribution in [0.5, 0.6) is 0 Å². The lowest BCUT2D eigenvalue weighted by molar-refractivity contribution is -0.384. The normalized spacial score (nSPS) is 10.4. The number of nitrogens with zero attached hydrogens (tertiary/aromatic N) is 2. The monoisotopic (exact) mass is 353 g/mol. The van der Waals surface area contributed by atoms with E-state index in [-0.39, 0.29) is 32.0 Å². The maximum absolute atomic E-state index is 11.6. The summed E-state index contributed by atoms with van der Waals surface area (Å²) < 4.78 is 9.79. The molecule has 0 aliphatic heterocycles. The Kier molecular flexibility index (Phi) is 8.94. The van der Waals surface area contributed by atoms with Gasteiger partial charge in [0, 0.05) is 30.9 Å². The molecule has 0 spiro atoms. The SMILES string of the molecule is CCOC(=O)CN(CCNc1ccc([N+](=O)[O-])cc1)CC(=O)OCC. The molecule has 0 radical (unpaired) electrons. The lowest BCUT2D eigenvalue weighted by Gasteiger charge is -2.20. The molecule has 0 unspecified atom stereocenters. The lowest BCUT2D eigenvalue weighted by atomic mass is 10.3. The van der Waals surface area contributed by atoms with Crippen LogP contribution in [0, 0.1) is 10.1 Å². The Labute approximate surface area is 146 Å². The van der Waals surface area contributed by atoms with E-state index in [0.717, 1.165) is 0 Å². The smallest absolute Gasteiger partial charge is 0.320 e. The van der Waals surface area contributed by atoms with Crippen molar-refractivity contribution >= 4 is 23.3 Å². The highest BCUT2D eigenvalue weighted by atomic mass is 16.6. The lowest BCUT2D eigenvalue weighted by Crippen LogP contribution is -2.39. The molecule has 0 aromatic heterocycles. The molecule has 0 aliphatic rings. The maximum Gasteiger partial charge on any atom is 0.320 e. The van der Waals surface area contributed by atoms with Crippen molar-refractivity contribution < 1.29 is 24.0 Å². The van der Waals surface area contributed by atoms with Gasteiger partial charge in [-0.3, -0.25) is 24.6 Å². The molecule has 0 heterocycles. The Bertz CT molecular complexity index is 556. The minimum Gasteiger partial charge on any atom is -0.465 e. The molecule has 0 atom stereocenters. The Balaban J connectivity index is 2.53.